The van der Waals surface area contributed by atoms with E-state index in [9.17, 15) is 0 Å². The molecule has 0 bridgehead atoms. The van der Waals surface area contributed by atoms with Gasteiger partial charge in [-0.3, -0.25) is 4.90 Å². The first-order valence-electron chi connectivity index (χ1n) is 7.11. The summed E-state index contributed by atoms with van der Waals surface area (Å²) in [4.78, 5) is 5.13. The van der Waals surface area contributed by atoms with Crippen LogP contribution in [0.5, 0.6) is 0 Å². The highest BCUT2D eigenvalue weighted by Gasteiger charge is 2.25. The van der Waals surface area contributed by atoms with Gasteiger partial charge < -0.3 is 4.90 Å². The van der Waals surface area contributed by atoms with Gasteiger partial charge >= 0.3 is 0 Å². The summed E-state index contributed by atoms with van der Waals surface area (Å²) in [6.45, 7) is 9.37. The zero-order valence-corrected chi connectivity index (χ0v) is 12.0. The van der Waals surface area contributed by atoms with E-state index < -0.39 is 0 Å². The third kappa shape index (κ3) is 3.82. The summed E-state index contributed by atoms with van der Waals surface area (Å²) in [6.07, 6.45) is 1.30. The minimum atomic E-state index is 0.712. The highest BCUT2D eigenvalue weighted by atomic mass is 15.3. The van der Waals surface area contributed by atoms with E-state index in [-0.39, 0.29) is 0 Å². The van der Waals surface area contributed by atoms with E-state index in [0.29, 0.717) is 6.04 Å². The Morgan fingerprint density at radius 3 is 2.56 bits per heavy atom. The molecule has 1 fully saturated rings. The van der Waals surface area contributed by atoms with Crippen molar-refractivity contribution >= 4 is 0 Å². The van der Waals surface area contributed by atoms with E-state index in [2.05, 4.69) is 61.0 Å². The van der Waals surface area contributed by atoms with Crippen molar-refractivity contribution < 1.29 is 0 Å². The highest BCUT2D eigenvalue weighted by molar-refractivity contribution is 5.14. The van der Waals surface area contributed by atoms with Crippen molar-refractivity contribution in [2.75, 3.05) is 26.7 Å². The molecule has 1 aromatic rings. The predicted molar refractivity (Wildman–Crippen MR) is 77.6 cm³/mol. The average Bonchev–Trinajstić information content (AvgIpc) is 2.33. The SMILES string of the molecule is CC(C)CC1CN(C)CCN1Cc1ccccc1. The van der Waals surface area contributed by atoms with Crippen molar-refractivity contribution in [1.82, 2.24) is 9.80 Å². The Kier molecular flexibility index (Phi) is 4.79. The third-order valence-electron chi connectivity index (χ3n) is 3.78. The van der Waals surface area contributed by atoms with Crippen LogP contribution in [-0.4, -0.2) is 42.5 Å². The van der Waals surface area contributed by atoms with Crippen LogP contribution in [0, 0.1) is 5.92 Å². The minimum Gasteiger partial charge on any atom is -0.304 e. The molecule has 0 spiro atoms. The fourth-order valence-electron chi connectivity index (χ4n) is 2.84. The van der Waals surface area contributed by atoms with Gasteiger partial charge in [-0.25, -0.2) is 0 Å². The molecule has 2 rings (SSSR count). The molecule has 2 nitrogen and oxygen atoms in total. The summed E-state index contributed by atoms with van der Waals surface area (Å²) in [6, 6.07) is 11.6. The van der Waals surface area contributed by atoms with Gasteiger partial charge in [0.15, 0.2) is 0 Å². The van der Waals surface area contributed by atoms with Crippen LogP contribution < -0.4 is 0 Å². The number of rotatable bonds is 4. The van der Waals surface area contributed by atoms with Gasteiger partial charge in [0.1, 0.15) is 0 Å². The molecule has 1 unspecified atom stereocenters. The van der Waals surface area contributed by atoms with Crippen molar-refractivity contribution in [3.63, 3.8) is 0 Å². The van der Waals surface area contributed by atoms with Gasteiger partial charge in [-0.2, -0.15) is 0 Å². The Morgan fingerprint density at radius 2 is 1.89 bits per heavy atom. The molecule has 0 radical (unpaired) electrons. The standard InChI is InChI=1S/C16H26N2/c1-14(2)11-16-13-17(3)9-10-18(16)12-15-7-5-4-6-8-15/h4-8,14,16H,9-13H2,1-3H3. The smallest absolute Gasteiger partial charge is 0.0237 e. The number of hydrogen-bond acceptors (Lipinski definition) is 2. The monoisotopic (exact) mass is 246 g/mol. The molecule has 1 aliphatic heterocycles. The molecule has 1 heterocycles. The van der Waals surface area contributed by atoms with Crippen LogP contribution in [0.2, 0.25) is 0 Å². The fraction of sp³-hybridized carbons (Fsp3) is 0.625. The molecule has 100 valence electrons. The van der Waals surface area contributed by atoms with E-state index in [1.54, 1.807) is 0 Å². The Balaban J connectivity index is 2.00. The number of nitrogens with zero attached hydrogens (tertiary/aromatic N) is 2. The summed E-state index contributed by atoms with van der Waals surface area (Å²) < 4.78 is 0. The molecule has 0 N–H and O–H groups in total. The van der Waals surface area contributed by atoms with Crippen LogP contribution in [0.1, 0.15) is 25.8 Å². The maximum absolute atomic E-state index is 2.66. The van der Waals surface area contributed by atoms with Crippen LogP contribution in [-0.2, 0) is 6.54 Å². The molecular weight excluding hydrogens is 220 g/mol. The average molecular weight is 246 g/mol. The molecule has 0 amide bonds. The summed E-state index contributed by atoms with van der Waals surface area (Å²) in [5.41, 5.74) is 1.44. The van der Waals surface area contributed by atoms with Gasteiger partial charge in [-0.15, -0.1) is 0 Å². The van der Waals surface area contributed by atoms with Crippen molar-refractivity contribution in [2.45, 2.75) is 32.9 Å². The molecule has 18 heavy (non-hydrogen) atoms. The van der Waals surface area contributed by atoms with Crippen LogP contribution >= 0.6 is 0 Å². The van der Waals surface area contributed by atoms with Crippen LogP contribution in [0.15, 0.2) is 30.3 Å². The number of piperazine rings is 1. The molecule has 1 saturated heterocycles. The van der Waals surface area contributed by atoms with Gasteiger partial charge in [0, 0.05) is 32.2 Å². The fourth-order valence-corrected chi connectivity index (χ4v) is 2.84. The van der Waals surface area contributed by atoms with Gasteiger partial charge in [0.05, 0.1) is 0 Å². The lowest BCUT2D eigenvalue weighted by atomic mass is 9.99. The quantitative estimate of drug-likeness (QED) is 0.806. The number of hydrogen-bond donors (Lipinski definition) is 0. The van der Waals surface area contributed by atoms with E-state index in [1.807, 2.05) is 0 Å². The molecule has 0 saturated carbocycles. The molecule has 1 aromatic carbocycles. The van der Waals surface area contributed by atoms with Crippen molar-refractivity contribution in [2.24, 2.45) is 5.92 Å². The lowest BCUT2D eigenvalue weighted by Crippen LogP contribution is -2.51. The van der Waals surface area contributed by atoms with Crippen LogP contribution in [0.4, 0.5) is 0 Å². The largest absolute Gasteiger partial charge is 0.304 e. The lowest BCUT2D eigenvalue weighted by molar-refractivity contribution is 0.0710. The Labute approximate surface area is 112 Å². The summed E-state index contributed by atoms with van der Waals surface area (Å²) >= 11 is 0. The summed E-state index contributed by atoms with van der Waals surface area (Å²) in [7, 11) is 2.24. The molecule has 1 atom stereocenters. The zero-order chi connectivity index (χ0) is 13.0. The topological polar surface area (TPSA) is 6.48 Å². The van der Waals surface area contributed by atoms with Gasteiger partial charge in [0.25, 0.3) is 0 Å². The lowest BCUT2D eigenvalue weighted by Gasteiger charge is -2.41. The van der Waals surface area contributed by atoms with Gasteiger partial charge in [-0.05, 0) is 24.9 Å². The third-order valence-corrected chi connectivity index (χ3v) is 3.78. The number of likely N-dealkylation sites (N-methyl/N-ethyl adjacent to an activating group) is 1. The Hall–Kier alpha value is -0.860. The first-order valence-corrected chi connectivity index (χ1v) is 7.11. The molecular formula is C16H26N2. The van der Waals surface area contributed by atoms with Crippen molar-refractivity contribution in [3.05, 3.63) is 35.9 Å². The Bertz CT molecular complexity index is 345. The second kappa shape index (κ2) is 6.35. The minimum absolute atomic E-state index is 0.712. The van der Waals surface area contributed by atoms with E-state index >= 15 is 0 Å². The van der Waals surface area contributed by atoms with Gasteiger partial charge in [-0.1, -0.05) is 44.2 Å². The zero-order valence-electron chi connectivity index (χ0n) is 12.0. The predicted octanol–water partition coefficient (Wildman–Crippen LogP) is 2.85. The first kappa shape index (κ1) is 13.6. The van der Waals surface area contributed by atoms with E-state index in [0.717, 1.165) is 12.5 Å². The van der Waals surface area contributed by atoms with Gasteiger partial charge in [0.2, 0.25) is 0 Å². The molecule has 0 aromatic heterocycles. The maximum Gasteiger partial charge on any atom is 0.0237 e. The van der Waals surface area contributed by atoms with E-state index in [1.165, 1.54) is 31.6 Å². The highest BCUT2D eigenvalue weighted by Crippen LogP contribution is 2.19. The second-order valence-electron chi connectivity index (χ2n) is 6.00. The van der Waals surface area contributed by atoms with Crippen molar-refractivity contribution in [3.8, 4) is 0 Å². The summed E-state index contributed by atoms with van der Waals surface area (Å²) in [5.74, 6) is 0.778. The molecule has 1 aliphatic rings. The normalized spacial score (nSPS) is 22.6. The van der Waals surface area contributed by atoms with Crippen LogP contribution in [0.3, 0.4) is 0 Å². The van der Waals surface area contributed by atoms with Crippen LogP contribution in [0.25, 0.3) is 0 Å². The van der Waals surface area contributed by atoms with E-state index in [4.69, 9.17) is 0 Å². The first-order chi connectivity index (χ1) is 8.65. The maximum atomic E-state index is 2.66. The second-order valence-corrected chi connectivity index (χ2v) is 6.00. The Morgan fingerprint density at radius 1 is 1.17 bits per heavy atom. The number of benzene rings is 1. The molecule has 0 aliphatic carbocycles. The van der Waals surface area contributed by atoms with Crippen molar-refractivity contribution in [1.29, 1.82) is 0 Å². The molecule has 2 heteroatoms. The summed E-state index contributed by atoms with van der Waals surface area (Å²) in [5, 5.41) is 0.